The quantitative estimate of drug-likeness (QED) is 0.807. The summed E-state index contributed by atoms with van der Waals surface area (Å²) in [4.78, 5) is 24.1. The number of carbonyl (C=O) groups excluding carboxylic acids is 2. The molecule has 0 radical (unpaired) electrons. The first kappa shape index (κ1) is 15.3. The molecule has 118 valence electrons. The summed E-state index contributed by atoms with van der Waals surface area (Å²) < 4.78 is 13.1. The third-order valence-corrected chi connectivity index (χ3v) is 3.71. The number of benzene rings is 2. The number of fused-ring (bicyclic) bond motifs is 1. The van der Waals surface area contributed by atoms with E-state index in [0.717, 1.165) is 5.69 Å². The van der Waals surface area contributed by atoms with Crippen LogP contribution in [0.25, 0.3) is 0 Å². The van der Waals surface area contributed by atoms with Crippen molar-refractivity contribution in [3.05, 3.63) is 53.3 Å². The van der Waals surface area contributed by atoms with Crippen LogP contribution in [0.3, 0.4) is 0 Å². The fourth-order valence-electron chi connectivity index (χ4n) is 2.31. The lowest BCUT2D eigenvalue weighted by Gasteiger charge is -2.26. The largest absolute Gasteiger partial charge is 0.372 e. The van der Waals surface area contributed by atoms with Gasteiger partial charge in [-0.2, -0.15) is 0 Å². The van der Waals surface area contributed by atoms with Gasteiger partial charge >= 0.3 is 0 Å². The standard InChI is InChI=1S/C16H13ClFN3O2/c17-10-7-9(5-6-11(10)18)19-15(22)8-14-16(23)21-13-4-2-1-3-12(13)20-14/h1-7,14,20H,8H2,(H,19,22)(H,21,23)/t14-/m0/s1. The zero-order chi connectivity index (χ0) is 16.4. The fraction of sp³-hybridized carbons (Fsp3) is 0.125. The van der Waals surface area contributed by atoms with Crippen LogP contribution in [0.4, 0.5) is 21.5 Å². The number of halogens is 2. The second-order valence-electron chi connectivity index (χ2n) is 5.11. The fourth-order valence-corrected chi connectivity index (χ4v) is 2.49. The predicted octanol–water partition coefficient (Wildman–Crippen LogP) is 3.24. The van der Waals surface area contributed by atoms with Gasteiger partial charge in [-0.25, -0.2) is 4.39 Å². The van der Waals surface area contributed by atoms with Crippen molar-refractivity contribution in [1.29, 1.82) is 0 Å². The molecule has 2 amide bonds. The molecule has 0 spiro atoms. The highest BCUT2D eigenvalue weighted by Gasteiger charge is 2.27. The Morgan fingerprint density at radius 3 is 2.70 bits per heavy atom. The molecule has 3 rings (SSSR count). The van der Waals surface area contributed by atoms with Crippen LogP contribution in [0, 0.1) is 5.82 Å². The van der Waals surface area contributed by atoms with Gasteiger partial charge in [0.05, 0.1) is 22.8 Å². The Labute approximate surface area is 136 Å². The number of para-hydroxylation sites is 2. The van der Waals surface area contributed by atoms with Crippen LogP contribution in [0.15, 0.2) is 42.5 Å². The number of carbonyl (C=O) groups is 2. The van der Waals surface area contributed by atoms with Gasteiger partial charge in [-0.3, -0.25) is 9.59 Å². The molecule has 3 N–H and O–H groups in total. The highest BCUT2D eigenvalue weighted by Crippen LogP contribution is 2.27. The Kier molecular flexibility index (Phi) is 4.16. The molecule has 0 saturated carbocycles. The van der Waals surface area contributed by atoms with E-state index in [0.29, 0.717) is 11.4 Å². The monoisotopic (exact) mass is 333 g/mol. The van der Waals surface area contributed by atoms with E-state index in [-0.39, 0.29) is 23.3 Å². The van der Waals surface area contributed by atoms with E-state index in [1.807, 2.05) is 18.2 Å². The number of rotatable bonds is 3. The summed E-state index contributed by atoms with van der Waals surface area (Å²) in [6, 6.07) is 10.4. The summed E-state index contributed by atoms with van der Waals surface area (Å²) >= 11 is 5.67. The maximum Gasteiger partial charge on any atom is 0.247 e. The Hall–Kier alpha value is -2.60. The van der Waals surface area contributed by atoms with Gasteiger partial charge in [0.1, 0.15) is 11.9 Å². The smallest absolute Gasteiger partial charge is 0.247 e. The Morgan fingerprint density at radius 2 is 1.96 bits per heavy atom. The van der Waals surface area contributed by atoms with Gasteiger partial charge in [-0.05, 0) is 30.3 Å². The number of nitrogens with one attached hydrogen (secondary N) is 3. The Morgan fingerprint density at radius 1 is 1.22 bits per heavy atom. The molecule has 0 aromatic heterocycles. The molecule has 23 heavy (non-hydrogen) atoms. The Bertz CT molecular complexity index is 782. The van der Waals surface area contributed by atoms with Gasteiger partial charge in [0.25, 0.3) is 0 Å². The number of hydrogen-bond donors (Lipinski definition) is 3. The minimum atomic E-state index is -0.680. The molecule has 1 aliphatic heterocycles. The van der Waals surface area contributed by atoms with Crippen LogP contribution >= 0.6 is 11.6 Å². The highest BCUT2D eigenvalue weighted by atomic mass is 35.5. The molecule has 0 aliphatic carbocycles. The van der Waals surface area contributed by atoms with Gasteiger partial charge in [0, 0.05) is 5.69 Å². The molecule has 7 heteroatoms. The van der Waals surface area contributed by atoms with Crippen LogP contribution < -0.4 is 16.0 Å². The molecule has 0 fully saturated rings. The molecule has 2 aromatic rings. The van der Waals surface area contributed by atoms with Crippen LogP contribution in [-0.2, 0) is 9.59 Å². The molecular weight excluding hydrogens is 321 g/mol. The van der Waals surface area contributed by atoms with Crippen molar-refractivity contribution in [1.82, 2.24) is 0 Å². The van der Waals surface area contributed by atoms with Crippen molar-refractivity contribution in [2.24, 2.45) is 0 Å². The van der Waals surface area contributed by atoms with Gasteiger partial charge < -0.3 is 16.0 Å². The van der Waals surface area contributed by atoms with Crippen LogP contribution in [0.2, 0.25) is 5.02 Å². The molecule has 1 atom stereocenters. The summed E-state index contributed by atoms with van der Waals surface area (Å²) in [5.41, 5.74) is 1.81. The number of hydrogen-bond acceptors (Lipinski definition) is 3. The topological polar surface area (TPSA) is 70.2 Å². The number of anilines is 3. The molecule has 1 heterocycles. The molecule has 0 saturated heterocycles. The Balaban J connectivity index is 1.66. The van der Waals surface area contributed by atoms with E-state index >= 15 is 0 Å². The van der Waals surface area contributed by atoms with Crippen molar-refractivity contribution in [3.63, 3.8) is 0 Å². The first-order chi connectivity index (χ1) is 11.0. The van der Waals surface area contributed by atoms with Crippen LogP contribution in [0.1, 0.15) is 6.42 Å². The summed E-state index contributed by atoms with van der Waals surface area (Å²) in [7, 11) is 0. The summed E-state index contributed by atoms with van der Waals surface area (Å²) in [6.45, 7) is 0. The van der Waals surface area contributed by atoms with Crippen molar-refractivity contribution in [2.75, 3.05) is 16.0 Å². The zero-order valence-electron chi connectivity index (χ0n) is 11.9. The third kappa shape index (κ3) is 3.43. The summed E-state index contributed by atoms with van der Waals surface area (Å²) in [5.74, 6) is -1.22. The van der Waals surface area contributed by atoms with E-state index in [1.54, 1.807) is 6.07 Å². The summed E-state index contributed by atoms with van der Waals surface area (Å²) in [6.07, 6.45) is -0.0604. The minimum Gasteiger partial charge on any atom is -0.372 e. The summed E-state index contributed by atoms with van der Waals surface area (Å²) in [5, 5.41) is 8.28. The van der Waals surface area contributed by atoms with Crippen LogP contribution in [-0.4, -0.2) is 17.9 Å². The second-order valence-corrected chi connectivity index (χ2v) is 5.52. The molecule has 5 nitrogen and oxygen atoms in total. The molecular formula is C16H13ClFN3O2. The average Bonchev–Trinajstić information content (AvgIpc) is 2.51. The van der Waals surface area contributed by atoms with Crippen molar-refractivity contribution in [2.45, 2.75) is 12.5 Å². The molecule has 2 aromatic carbocycles. The van der Waals surface area contributed by atoms with E-state index in [4.69, 9.17) is 11.6 Å². The zero-order valence-corrected chi connectivity index (χ0v) is 12.7. The predicted molar refractivity (Wildman–Crippen MR) is 87.1 cm³/mol. The van der Waals surface area contributed by atoms with Crippen LogP contribution in [0.5, 0.6) is 0 Å². The molecule has 1 aliphatic rings. The van der Waals surface area contributed by atoms with Crippen molar-refractivity contribution >= 4 is 40.5 Å². The van der Waals surface area contributed by atoms with Gasteiger partial charge in [-0.1, -0.05) is 23.7 Å². The lowest BCUT2D eigenvalue weighted by atomic mass is 10.1. The SMILES string of the molecule is O=C(C[C@@H]1Nc2ccccc2NC1=O)Nc1ccc(F)c(Cl)c1. The lowest BCUT2D eigenvalue weighted by molar-refractivity contribution is -0.122. The van der Waals surface area contributed by atoms with E-state index in [1.165, 1.54) is 18.2 Å². The van der Waals surface area contributed by atoms with Crippen molar-refractivity contribution in [3.8, 4) is 0 Å². The highest BCUT2D eigenvalue weighted by molar-refractivity contribution is 6.31. The van der Waals surface area contributed by atoms with E-state index in [9.17, 15) is 14.0 Å². The lowest BCUT2D eigenvalue weighted by Crippen LogP contribution is -2.41. The van der Waals surface area contributed by atoms with E-state index in [2.05, 4.69) is 16.0 Å². The molecule has 0 unspecified atom stereocenters. The number of amides is 2. The van der Waals surface area contributed by atoms with E-state index < -0.39 is 11.9 Å². The maximum atomic E-state index is 13.1. The second kappa shape index (κ2) is 6.26. The van der Waals surface area contributed by atoms with Gasteiger partial charge in [0.15, 0.2) is 0 Å². The average molecular weight is 334 g/mol. The van der Waals surface area contributed by atoms with Gasteiger partial charge in [-0.15, -0.1) is 0 Å². The maximum absolute atomic E-state index is 13.1. The van der Waals surface area contributed by atoms with Gasteiger partial charge in [0.2, 0.25) is 11.8 Å². The minimum absolute atomic E-state index is 0.0604. The first-order valence-electron chi connectivity index (χ1n) is 6.94. The molecule has 0 bridgehead atoms. The normalized spacial score (nSPS) is 16.1. The first-order valence-corrected chi connectivity index (χ1v) is 7.32. The third-order valence-electron chi connectivity index (χ3n) is 3.42. The van der Waals surface area contributed by atoms with Crippen molar-refractivity contribution < 1.29 is 14.0 Å².